The summed E-state index contributed by atoms with van der Waals surface area (Å²) in [6, 6.07) is 12.7. The Hall–Kier alpha value is -2.09. The zero-order chi connectivity index (χ0) is 21.6. The van der Waals surface area contributed by atoms with E-state index in [2.05, 4.69) is 21.9 Å². The first-order valence-corrected chi connectivity index (χ1v) is 12.1. The molecule has 2 aromatic rings. The van der Waals surface area contributed by atoms with E-state index in [0.29, 0.717) is 16.3 Å². The first-order valence-electron chi connectivity index (χ1n) is 10.3. The predicted molar refractivity (Wildman–Crippen MR) is 121 cm³/mol. The largest absolute Gasteiger partial charge is 0.349 e. The highest BCUT2D eigenvalue weighted by Gasteiger charge is 2.22. The lowest BCUT2D eigenvalue weighted by Crippen LogP contribution is -2.44. The monoisotopic (exact) mass is 449 g/mol. The normalized spacial score (nSPS) is 15.7. The average Bonchev–Trinajstić information content (AvgIpc) is 2.73. The topological polar surface area (TPSA) is 78.5 Å². The Bertz CT molecular complexity index is 973. The van der Waals surface area contributed by atoms with Crippen molar-refractivity contribution in [3.63, 3.8) is 0 Å². The number of nitrogens with one attached hydrogen (secondary N) is 2. The Morgan fingerprint density at radius 3 is 2.57 bits per heavy atom. The summed E-state index contributed by atoms with van der Waals surface area (Å²) in [6.07, 6.45) is 4.19. The minimum absolute atomic E-state index is 0.0320. The summed E-state index contributed by atoms with van der Waals surface area (Å²) >= 11 is 5.92. The fraction of sp³-hybridized carbons (Fsp3) is 0.409. The van der Waals surface area contributed by atoms with Gasteiger partial charge in [-0.15, -0.1) is 0 Å². The molecule has 1 saturated heterocycles. The number of carbonyl (C=O) groups is 1. The number of benzene rings is 2. The molecule has 1 heterocycles. The summed E-state index contributed by atoms with van der Waals surface area (Å²) in [6.45, 7) is 5.24. The summed E-state index contributed by atoms with van der Waals surface area (Å²) in [4.78, 5) is 15.2. The van der Waals surface area contributed by atoms with Crippen LogP contribution in [0.3, 0.4) is 0 Å². The Morgan fingerprint density at radius 1 is 1.13 bits per heavy atom. The first-order chi connectivity index (χ1) is 14.4. The van der Waals surface area contributed by atoms with Crippen LogP contribution >= 0.6 is 11.6 Å². The summed E-state index contributed by atoms with van der Waals surface area (Å²) in [5.74, 6) is -0.248. The van der Waals surface area contributed by atoms with Crippen LogP contribution in [-0.4, -0.2) is 44.9 Å². The summed E-state index contributed by atoms with van der Waals surface area (Å²) in [7, 11) is -3.83. The molecule has 0 bridgehead atoms. The fourth-order valence-electron chi connectivity index (χ4n) is 3.52. The number of unbranched alkanes of at least 4 members (excludes halogenated alkanes) is 1. The molecule has 2 aromatic carbocycles. The zero-order valence-electron chi connectivity index (χ0n) is 17.1. The lowest BCUT2D eigenvalue weighted by molar-refractivity contribution is 0.0910. The molecule has 1 aliphatic heterocycles. The second kappa shape index (κ2) is 10.3. The number of sulfonamides is 1. The van der Waals surface area contributed by atoms with Gasteiger partial charge in [-0.25, -0.2) is 8.42 Å². The Morgan fingerprint density at radius 2 is 1.87 bits per heavy atom. The third kappa shape index (κ3) is 6.20. The van der Waals surface area contributed by atoms with E-state index >= 15 is 0 Å². The van der Waals surface area contributed by atoms with Gasteiger partial charge in [-0.05, 0) is 62.2 Å². The lowest BCUT2D eigenvalue weighted by atomic mass is 10.0. The molecular weight excluding hydrogens is 422 g/mol. The minimum atomic E-state index is -3.83. The number of carbonyl (C=O) groups excluding carboxylic acids is 1. The molecule has 3 rings (SSSR count). The van der Waals surface area contributed by atoms with E-state index in [1.54, 1.807) is 30.3 Å². The van der Waals surface area contributed by atoms with Crippen LogP contribution in [0.4, 0.5) is 5.69 Å². The number of likely N-dealkylation sites (tertiary alicyclic amines) is 1. The maximum absolute atomic E-state index is 12.7. The van der Waals surface area contributed by atoms with Crippen molar-refractivity contribution in [1.82, 2.24) is 10.2 Å². The van der Waals surface area contributed by atoms with E-state index in [1.165, 1.54) is 31.0 Å². The molecule has 1 fully saturated rings. The highest BCUT2D eigenvalue weighted by Crippen LogP contribution is 2.20. The number of anilines is 1. The summed E-state index contributed by atoms with van der Waals surface area (Å²) in [5, 5.41) is 3.48. The number of rotatable bonds is 8. The van der Waals surface area contributed by atoms with Crippen molar-refractivity contribution in [2.45, 2.75) is 43.5 Å². The van der Waals surface area contributed by atoms with Crippen molar-refractivity contribution < 1.29 is 13.2 Å². The number of hydrogen-bond acceptors (Lipinski definition) is 4. The number of piperidine rings is 1. The first kappa shape index (κ1) is 22.6. The Kier molecular flexibility index (Phi) is 7.75. The molecule has 162 valence electrons. The average molecular weight is 450 g/mol. The number of hydrogen-bond donors (Lipinski definition) is 2. The van der Waals surface area contributed by atoms with Crippen LogP contribution in [0.1, 0.15) is 43.0 Å². The highest BCUT2D eigenvalue weighted by atomic mass is 35.5. The van der Waals surface area contributed by atoms with Gasteiger partial charge >= 0.3 is 0 Å². The van der Waals surface area contributed by atoms with Crippen LogP contribution in [-0.2, 0) is 10.0 Å². The SMILES string of the molecule is CCCCN1CCC(NC(=O)c2cccc(S(=O)(=O)Nc3cccc(Cl)c3)c2)CC1. The van der Waals surface area contributed by atoms with E-state index in [9.17, 15) is 13.2 Å². The Labute approximate surface area is 183 Å². The van der Waals surface area contributed by atoms with E-state index in [0.717, 1.165) is 32.5 Å². The van der Waals surface area contributed by atoms with Gasteiger partial charge in [-0.1, -0.05) is 37.1 Å². The van der Waals surface area contributed by atoms with Gasteiger partial charge < -0.3 is 10.2 Å². The van der Waals surface area contributed by atoms with Crippen molar-refractivity contribution in [2.75, 3.05) is 24.4 Å². The summed E-state index contributed by atoms with van der Waals surface area (Å²) in [5.41, 5.74) is 0.699. The van der Waals surface area contributed by atoms with Crippen LogP contribution < -0.4 is 10.0 Å². The highest BCUT2D eigenvalue weighted by molar-refractivity contribution is 7.92. The maximum Gasteiger partial charge on any atom is 0.261 e. The zero-order valence-corrected chi connectivity index (χ0v) is 18.7. The molecule has 6 nitrogen and oxygen atoms in total. The molecule has 8 heteroatoms. The number of halogens is 1. The third-order valence-corrected chi connectivity index (χ3v) is 6.85. The predicted octanol–water partition coefficient (Wildman–Crippen LogP) is 4.14. The van der Waals surface area contributed by atoms with Gasteiger partial charge in [-0.2, -0.15) is 0 Å². The molecule has 1 amide bonds. The van der Waals surface area contributed by atoms with Gasteiger partial charge in [0.2, 0.25) is 0 Å². The minimum Gasteiger partial charge on any atom is -0.349 e. The standard InChI is InChI=1S/C22H28ClN3O3S/c1-2-3-12-26-13-10-19(11-14-26)24-22(27)17-6-4-9-21(15-17)30(28,29)25-20-8-5-7-18(23)16-20/h4-9,15-16,19,25H,2-3,10-14H2,1H3,(H,24,27). The van der Waals surface area contributed by atoms with Gasteiger partial charge in [0.05, 0.1) is 10.6 Å². The van der Waals surface area contributed by atoms with Crippen molar-refractivity contribution in [3.8, 4) is 0 Å². The van der Waals surface area contributed by atoms with E-state index < -0.39 is 10.0 Å². The van der Waals surface area contributed by atoms with Crippen molar-refractivity contribution in [1.29, 1.82) is 0 Å². The molecule has 0 aromatic heterocycles. The molecule has 0 atom stereocenters. The molecule has 0 unspecified atom stereocenters. The molecule has 0 spiro atoms. The van der Waals surface area contributed by atoms with Crippen molar-refractivity contribution in [3.05, 3.63) is 59.1 Å². The van der Waals surface area contributed by atoms with Crippen LogP contribution in [0.2, 0.25) is 5.02 Å². The van der Waals surface area contributed by atoms with Gasteiger partial charge in [0.25, 0.3) is 15.9 Å². The van der Waals surface area contributed by atoms with E-state index in [4.69, 9.17) is 11.6 Å². The Balaban J connectivity index is 1.62. The molecular formula is C22H28ClN3O3S. The van der Waals surface area contributed by atoms with Crippen molar-refractivity contribution >= 4 is 33.2 Å². The van der Waals surface area contributed by atoms with Gasteiger partial charge in [-0.3, -0.25) is 9.52 Å². The second-order valence-electron chi connectivity index (χ2n) is 7.59. The van der Waals surface area contributed by atoms with Gasteiger partial charge in [0.1, 0.15) is 0 Å². The van der Waals surface area contributed by atoms with Crippen LogP contribution in [0, 0.1) is 0 Å². The maximum atomic E-state index is 12.7. The fourth-order valence-corrected chi connectivity index (χ4v) is 4.81. The van der Waals surface area contributed by atoms with Crippen LogP contribution in [0.5, 0.6) is 0 Å². The second-order valence-corrected chi connectivity index (χ2v) is 9.71. The third-order valence-electron chi connectivity index (χ3n) is 5.23. The number of nitrogens with zero attached hydrogens (tertiary/aromatic N) is 1. The molecule has 0 aliphatic carbocycles. The lowest BCUT2D eigenvalue weighted by Gasteiger charge is -2.32. The molecule has 1 aliphatic rings. The molecule has 0 saturated carbocycles. The molecule has 2 N–H and O–H groups in total. The molecule has 30 heavy (non-hydrogen) atoms. The molecule has 0 radical (unpaired) electrons. The van der Waals surface area contributed by atoms with Crippen molar-refractivity contribution in [2.24, 2.45) is 0 Å². The van der Waals surface area contributed by atoms with Gasteiger partial charge in [0.15, 0.2) is 0 Å². The smallest absolute Gasteiger partial charge is 0.261 e. The van der Waals surface area contributed by atoms with Crippen LogP contribution in [0.25, 0.3) is 0 Å². The number of amides is 1. The van der Waals surface area contributed by atoms with Crippen LogP contribution in [0.15, 0.2) is 53.4 Å². The van der Waals surface area contributed by atoms with E-state index in [1.807, 2.05) is 0 Å². The van der Waals surface area contributed by atoms with Gasteiger partial charge in [0, 0.05) is 29.7 Å². The quantitative estimate of drug-likeness (QED) is 0.635. The summed E-state index contributed by atoms with van der Waals surface area (Å²) < 4.78 is 27.9. The van der Waals surface area contributed by atoms with E-state index in [-0.39, 0.29) is 16.8 Å².